The van der Waals surface area contributed by atoms with Gasteiger partial charge in [-0.1, -0.05) is 24.3 Å². The molecule has 0 fully saturated rings. The van der Waals surface area contributed by atoms with Gasteiger partial charge in [0.15, 0.2) is 0 Å². The SMILES string of the molecule is CC1=C(N)C=CN(CCOc2ccc(C3c4[nH]c5c(c4CCN3C(=O)Oc3ccc(F)cc3)=CC(Cl)CC=5)cc2)C1. The number of nitrogens with one attached hydrogen (secondary N) is 1. The second-order valence-corrected chi connectivity index (χ2v) is 11.1. The van der Waals surface area contributed by atoms with Crippen LogP contribution in [0.3, 0.4) is 0 Å². The number of rotatable bonds is 6. The molecule has 3 N–H and O–H groups in total. The van der Waals surface area contributed by atoms with Gasteiger partial charge in [0, 0.05) is 41.2 Å². The Kier molecular flexibility index (Phi) is 7.49. The molecule has 6 rings (SSSR count). The van der Waals surface area contributed by atoms with E-state index in [0.717, 1.165) is 63.9 Å². The number of carbonyl (C=O) groups is 1. The Bertz CT molecular complexity index is 1630. The Labute approximate surface area is 243 Å². The second-order valence-electron chi connectivity index (χ2n) is 10.6. The molecule has 41 heavy (non-hydrogen) atoms. The lowest BCUT2D eigenvalue weighted by Gasteiger charge is -2.35. The molecule has 3 heterocycles. The Balaban J connectivity index is 1.24. The van der Waals surface area contributed by atoms with Crippen LogP contribution in [-0.4, -0.2) is 52.5 Å². The molecule has 2 atom stereocenters. The van der Waals surface area contributed by atoms with Crippen LogP contribution in [0.5, 0.6) is 11.5 Å². The number of alkyl halides is 1. The van der Waals surface area contributed by atoms with Gasteiger partial charge in [-0.2, -0.15) is 0 Å². The van der Waals surface area contributed by atoms with Gasteiger partial charge in [-0.25, -0.2) is 9.18 Å². The van der Waals surface area contributed by atoms with Crippen molar-refractivity contribution < 1.29 is 18.7 Å². The van der Waals surface area contributed by atoms with E-state index in [1.54, 1.807) is 4.90 Å². The number of halogens is 2. The van der Waals surface area contributed by atoms with Gasteiger partial charge in [0.1, 0.15) is 30.0 Å². The highest BCUT2D eigenvalue weighted by Crippen LogP contribution is 2.34. The van der Waals surface area contributed by atoms with E-state index in [1.807, 2.05) is 43.5 Å². The van der Waals surface area contributed by atoms with Gasteiger partial charge in [0.25, 0.3) is 0 Å². The summed E-state index contributed by atoms with van der Waals surface area (Å²) in [5.74, 6) is 0.646. The van der Waals surface area contributed by atoms with Crippen molar-refractivity contribution in [3.05, 3.63) is 105 Å². The quantitative estimate of drug-likeness (QED) is 0.429. The third-order valence-corrected chi connectivity index (χ3v) is 8.09. The smallest absolute Gasteiger partial charge is 0.416 e. The van der Waals surface area contributed by atoms with E-state index in [0.29, 0.717) is 25.3 Å². The number of fused-ring (bicyclic) bond motifs is 3. The summed E-state index contributed by atoms with van der Waals surface area (Å²) in [6.45, 7) is 4.54. The standard InChI is InChI=1S/C32H32ClFN4O3/c1-20-19-37(14-13-28(20)35)16-17-40-24-7-2-21(3-8-24)31-30-26(27-18-22(33)4-11-29(27)36-30)12-15-38(31)32(39)41-25-9-5-23(34)6-10-25/h2-3,5-11,13-14,18,22,31,36H,4,12,15-17,19,35H2,1H3. The summed E-state index contributed by atoms with van der Waals surface area (Å²) in [5, 5.41) is 2.09. The average molecular weight is 575 g/mol. The molecule has 2 unspecified atom stereocenters. The fourth-order valence-corrected chi connectivity index (χ4v) is 5.82. The minimum atomic E-state index is -0.497. The van der Waals surface area contributed by atoms with E-state index in [2.05, 4.69) is 22.0 Å². The van der Waals surface area contributed by atoms with Gasteiger partial charge in [0.2, 0.25) is 0 Å². The highest BCUT2D eigenvalue weighted by Gasteiger charge is 2.35. The van der Waals surface area contributed by atoms with Crippen molar-refractivity contribution in [2.24, 2.45) is 5.73 Å². The van der Waals surface area contributed by atoms with Crippen LogP contribution in [0.25, 0.3) is 12.2 Å². The minimum Gasteiger partial charge on any atom is -0.492 e. The normalized spacial score (nSPS) is 19.7. The van der Waals surface area contributed by atoms with E-state index < -0.39 is 18.0 Å². The number of benzene rings is 2. The highest BCUT2D eigenvalue weighted by atomic mass is 35.5. The zero-order chi connectivity index (χ0) is 28.5. The molecular formula is C32H32ClFN4O3. The number of carbonyl (C=O) groups excluding carboxylic acids is 1. The van der Waals surface area contributed by atoms with Gasteiger partial charge >= 0.3 is 6.09 Å². The van der Waals surface area contributed by atoms with Crippen molar-refractivity contribution in [3.8, 4) is 11.5 Å². The summed E-state index contributed by atoms with van der Waals surface area (Å²) < 4.78 is 25.1. The van der Waals surface area contributed by atoms with Gasteiger partial charge in [-0.05, 0) is 78.9 Å². The Morgan fingerprint density at radius 3 is 2.66 bits per heavy atom. The number of nitrogens with zero attached hydrogens (tertiary/aromatic N) is 2. The molecule has 0 spiro atoms. The van der Waals surface area contributed by atoms with Crippen LogP contribution in [0.4, 0.5) is 9.18 Å². The van der Waals surface area contributed by atoms with Gasteiger partial charge in [0.05, 0.1) is 11.9 Å². The lowest BCUT2D eigenvalue weighted by Crippen LogP contribution is -2.43. The van der Waals surface area contributed by atoms with E-state index in [1.165, 1.54) is 24.3 Å². The molecule has 1 aliphatic carbocycles. The molecular weight excluding hydrogens is 543 g/mol. The lowest BCUT2D eigenvalue weighted by atomic mass is 9.92. The van der Waals surface area contributed by atoms with Crippen molar-refractivity contribution >= 4 is 29.8 Å². The Morgan fingerprint density at radius 1 is 1.15 bits per heavy atom. The number of allylic oxidation sites excluding steroid dienone is 1. The van der Waals surface area contributed by atoms with Crippen LogP contribution in [-0.2, 0) is 6.42 Å². The van der Waals surface area contributed by atoms with E-state index >= 15 is 0 Å². The van der Waals surface area contributed by atoms with Gasteiger partial charge in [-0.3, -0.25) is 4.90 Å². The van der Waals surface area contributed by atoms with E-state index in [-0.39, 0.29) is 5.38 Å². The number of H-pyrrole nitrogens is 1. The number of amides is 1. The largest absolute Gasteiger partial charge is 0.492 e. The average Bonchev–Trinajstić information content (AvgIpc) is 3.34. The first kappa shape index (κ1) is 27.0. The summed E-state index contributed by atoms with van der Waals surface area (Å²) >= 11 is 6.46. The number of hydrogen-bond donors (Lipinski definition) is 2. The summed E-state index contributed by atoms with van der Waals surface area (Å²) in [6, 6.07) is 12.9. The van der Waals surface area contributed by atoms with Crippen molar-refractivity contribution in [3.63, 3.8) is 0 Å². The fraction of sp³-hybridized carbons (Fsp3) is 0.281. The Morgan fingerprint density at radius 2 is 1.90 bits per heavy atom. The molecule has 1 amide bonds. The number of aromatic nitrogens is 1. The maximum absolute atomic E-state index is 13.5. The van der Waals surface area contributed by atoms with Crippen LogP contribution in [0.15, 0.2) is 72.1 Å². The van der Waals surface area contributed by atoms with E-state index in [4.69, 9.17) is 26.8 Å². The molecule has 3 aromatic rings. The molecule has 1 aromatic heterocycles. The summed E-state index contributed by atoms with van der Waals surface area (Å²) in [6.07, 6.45) is 9.03. The molecule has 9 heteroatoms. The topological polar surface area (TPSA) is 83.8 Å². The first-order valence-electron chi connectivity index (χ1n) is 13.8. The molecule has 0 saturated heterocycles. The number of aromatic amines is 1. The number of nitrogens with two attached hydrogens (primary N) is 1. The zero-order valence-electron chi connectivity index (χ0n) is 22.8. The van der Waals surface area contributed by atoms with Crippen molar-refractivity contribution in [1.29, 1.82) is 0 Å². The van der Waals surface area contributed by atoms with E-state index in [9.17, 15) is 9.18 Å². The second kappa shape index (κ2) is 11.4. The molecule has 7 nitrogen and oxygen atoms in total. The van der Waals surface area contributed by atoms with Crippen LogP contribution in [0, 0.1) is 5.82 Å². The third-order valence-electron chi connectivity index (χ3n) is 7.79. The lowest BCUT2D eigenvalue weighted by molar-refractivity contribution is 0.135. The first-order valence-corrected chi connectivity index (χ1v) is 14.2. The first-order chi connectivity index (χ1) is 19.9. The van der Waals surface area contributed by atoms with Crippen molar-refractivity contribution in [1.82, 2.24) is 14.8 Å². The van der Waals surface area contributed by atoms with Crippen LogP contribution >= 0.6 is 11.6 Å². The molecule has 212 valence electrons. The fourth-order valence-electron chi connectivity index (χ4n) is 5.61. The summed E-state index contributed by atoms with van der Waals surface area (Å²) in [4.78, 5) is 20.9. The monoisotopic (exact) mass is 574 g/mol. The summed E-state index contributed by atoms with van der Waals surface area (Å²) in [5.41, 5.74) is 11.0. The van der Waals surface area contributed by atoms with Crippen LogP contribution in [0.2, 0.25) is 0 Å². The van der Waals surface area contributed by atoms with Crippen molar-refractivity contribution in [2.45, 2.75) is 31.2 Å². The maximum atomic E-state index is 13.5. The predicted molar refractivity (Wildman–Crippen MR) is 157 cm³/mol. The van der Waals surface area contributed by atoms with Gasteiger partial charge < -0.3 is 25.1 Å². The zero-order valence-corrected chi connectivity index (χ0v) is 23.5. The van der Waals surface area contributed by atoms with Crippen LogP contribution in [0.1, 0.15) is 36.2 Å². The third kappa shape index (κ3) is 5.70. The highest BCUT2D eigenvalue weighted by molar-refractivity contribution is 6.24. The molecule has 0 bridgehead atoms. The summed E-state index contributed by atoms with van der Waals surface area (Å²) in [7, 11) is 0. The Hall–Kier alpha value is -4.17. The maximum Gasteiger partial charge on any atom is 0.416 e. The minimum absolute atomic E-state index is 0.0588. The number of hydrogen-bond acceptors (Lipinski definition) is 5. The number of ether oxygens (including phenoxy) is 2. The molecule has 2 aromatic carbocycles. The predicted octanol–water partition coefficient (Wildman–Crippen LogP) is 4.31. The molecule has 3 aliphatic rings. The van der Waals surface area contributed by atoms with Crippen molar-refractivity contribution in [2.75, 3.05) is 26.2 Å². The molecule has 2 aliphatic heterocycles. The van der Waals surface area contributed by atoms with Crippen LogP contribution < -0.4 is 25.8 Å². The molecule has 0 saturated carbocycles. The molecule has 0 radical (unpaired) electrons. The van der Waals surface area contributed by atoms with Gasteiger partial charge in [-0.15, -0.1) is 11.6 Å².